The van der Waals surface area contributed by atoms with Crippen LogP contribution < -0.4 is 0 Å². The zero-order valence-corrected chi connectivity index (χ0v) is 27.4. The van der Waals surface area contributed by atoms with Gasteiger partial charge in [0.15, 0.2) is 0 Å². The second kappa shape index (κ2) is 10.5. The molecule has 4 saturated carbocycles. The normalized spacial score (nSPS) is 43.2. The summed E-state index contributed by atoms with van der Waals surface area (Å²) in [5.74, 6) is 4.97. The number of hydrogen-bond acceptors (Lipinski definition) is 4. The average molecular weight is 583 g/mol. The van der Waals surface area contributed by atoms with E-state index in [1.807, 2.05) is 19.1 Å². The van der Waals surface area contributed by atoms with Crippen molar-refractivity contribution in [3.8, 4) is 0 Å². The van der Waals surface area contributed by atoms with Gasteiger partial charge in [0.05, 0.1) is 17.1 Å². The van der Waals surface area contributed by atoms with Gasteiger partial charge in [-0.05, 0) is 117 Å². The molecule has 0 amide bonds. The fourth-order valence-corrected chi connectivity index (χ4v) is 12.0. The summed E-state index contributed by atoms with van der Waals surface area (Å²) in [4.78, 5) is 0.256. The summed E-state index contributed by atoms with van der Waals surface area (Å²) in [7, 11) is -3.78. The minimum atomic E-state index is -3.78. The van der Waals surface area contributed by atoms with Gasteiger partial charge in [0, 0.05) is 11.8 Å². The van der Waals surface area contributed by atoms with Gasteiger partial charge < -0.3 is 4.74 Å². The number of benzene rings is 1. The molecule has 0 bridgehead atoms. The van der Waals surface area contributed by atoms with Crippen LogP contribution in [0.1, 0.15) is 105 Å². The Morgan fingerprint density at radius 3 is 2.41 bits per heavy atom. The van der Waals surface area contributed by atoms with Crippen LogP contribution in [0.15, 0.2) is 41.3 Å². The lowest BCUT2D eigenvalue weighted by molar-refractivity contribution is -0.112. The van der Waals surface area contributed by atoms with Gasteiger partial charge >= 0.3 is 0 Å². The molecular formula is C36H54O4S. The minimum absolute atomic E-state index is 0.116. The molecule has 41 heavy (non-hydrogen) atoms. The molecule has 4 aliphatic carbocycles. The first-order valence-corrected chi connectivity index (χ1v) is 18.1. The van der Waals surface area contributed by atoms with Crippen molar-refractivity contribution >= 4 is 10.1 Å². The first kappa shape index (κ1) is 29.9. The predicted octanol–water partition coefficient (Wildman–Crippen LogP) is 8.73. The van der Waals surface area contributed by atoms with E-state index in [-0.39, 0.29) is 28.1 Å². The highest BCUT2D eigenvalue weighted by Crippen LogP contribution is 2.74. The van der Waals surface area contributed by atoms with Gasteiger partial charge in [0.2, 0.25) is 0 Å². The summed E-state index contributed by atoms with van der Waals surface area (Å²) < 4.78 is 38.8. The third-order valence-electron chi connectivity index (χ3n) is 13.3. The third kappa shape index (κ3) is 4.79. The maximum atomic E-state index is 13.1. The van der Waals surface area contributed by atoms with E-state index in [0.717, 1.165) is 42.6 Å². The Bertz CT molecular complexity index is 1250. The molecule has 0 aromatic heterocycles. The van der Waals surface area contributed by atoms with Crippen LogP contribution in [0.5, 0.6) is 0 Å². The standard InChI is InChI=1S/C36H54O4S/c1-8-26(23(2)3)12-11-25(5)30-15-16-31-29-21-33-36(39-33)22-27(40-41(37,38)28-13-9-24(4)10-14-28)17-20-35(36,7)32(29)18-19-34(30,31)6/h9-14,23,25-27,29-33H,8,15-22H2,1-7H3/t25-,26-,27+,29+,30-,31+,32+,33-,34-,35-,36-/m1/s1. The van der Waals surface area contributed by atoms with Crippen molar-refractivity contribution in [1.82, 2.24) is 0 Å². The largest absolute Gasteiger partial charge is 0.365 e. The van der Waals surface area contributed by atoms with Gasteiger partial charge in [-0.2, -0.15) is 8.42 Å². The van der Waals surface area contributed by atoms with E-state index < -0.39 is 10.1 Å². The molecule has 1 heterocycles. The van der Waals surface area contributed by atoms with Crippen molar-refractivity contribution in [2.45, 2.75) is 129 Å². The quantitative estimate of drug-likeness (QED) is 0.175. The smallest absolute Gasteiger partial charge is 0.297 e. The molecule has 11 atom stereocenters. The number of rotatable bonds is 8. The Hall–Kier alpha value is -1.17. The molecule has 5 fully saturated rings. The third-order valence-corrected chi connectivity index (χ3v) is 14.7. The topological polar surface area (TPSA) is 55.9 Å². The molecule has 1 spiro atoms. The summed E-state index contributed by atoms with van der Waals surface area (Å²) >= 11 is 0. The number of aryl methyl sites for hydroxylation is 1. The molecule has 4 nitrogen and oxygen atoms in total. The van der Waals surface area contributed by atoms with E-state index in [4.69, 9.17) is 8.92 Å². The Morgan fingerprint density at radius 1 is 1.00 bits per heavy atom. The van der Waals surface area contributed by atoms with Gasteiger partial charge in [0.1, 0.15) is 5.60 Å². The van der Waals surface area contributed by atoms with E-state index in [1.165, 1.54) is 32.1 Å². The Labute approximate surface area is 250 Å². The fraction of sp³-hybridized carbons (Fsp3) is 0.778. The van der Waals surface area contributed by atoms with Crippen molar-refractivity contribution in [3.05, 3.63) is 42.0 Å². The van der Waals surface area contributed by atoms with Crippen molar-refractivity contribution in [2.75, 3.05) is 0 Å². The minimum Gasteiger partial charge on any atom is -0.365 e. The van der Waals surface area contributed by atoms with Crippen molar-refractivity contribution in [3.63, 3.8) is 0 Å². The van der Waals surface area contributed by atoms with E-state index in [0.29, 0.717) is 35.5 Å². The predicted molar refractivity (Wildman–Crippen MR) is 165 cm³/mol. The summed E-state index contributed by atoms with van der Waals surface area (Å²) in [5, 5.41) is 0. The van der Waals surface area contributed by atoms with Crippen molar-refractivity contribution in [1.29, 1.82) is 0 Å². The first-order chi connectivity index (χ1) is 19.3. The van der Waals surface area contributed by atoms with Crippen molar-refractivity contribution in [2.24, 2.45) is 52.3 Å². The summed E-state index contributed by atoms with van der Waals surface area (Å²) in [6.45, 7) is 16.6. The van der Waals surface area contributed by atoms with Gasteiger partial charge in [-0.25, -0.2) is 0 Å². The Morgan fingerprint density at radius 2 is 1.73 bits per heavy atom. The molecule has 5 aliphatic rings. The molecule has 5 heteroatoms. The second-order valence-electron chi connectivity index (χ2n) is 15.5. The maximum absolute atomic E-state index is 13.1. The van der Waals surface area contributed by atoms with Crippen LogP contribution in [0.2, 0.25) is 0 Å². The highest BCUT2D eigenvalue weighted by molar-refractivity contribution is 7.86. The number of allylic oxidation sites excluding steroid dienone is 2. The molecule has 6 rings (SSSR count). The highest BCUT2D eigenvalue weighted by atomic mass is 32.2. The molecule has 1 aromatic carbocycles. The SMILES string of the molecule is CC[C@H](C=C[C@@H](C)[C@H]1CC[C@H]2[C@@H]3C[C@H]4O[C@]45C[C@@H](OS(=O)(=O)c4ccc(C)cc4)CC[C@]5(C)[C@H]3CC[C@]12C)C(C)C. The number of epoxide rings is 1. The van der Waals surface area contributed by atoms with Crippen LogP contribution in [-0.2, 0) is 19.0 Å². The molecule has 1 aromatic rings. The van der Waals surface area contributed by atoms with E-state index in [2.05, 4.69) is 53.7 Å². The summed E-state index contributed by atoms with van der Waals surface area (Å²) in [6.07, 6.45) is 15.3. The zero-order chi connectivity index (χ0) is 29.4. The highest BCUT2D eigenvalue weighted by Gasteiger charge is 2.76. The number of fused-ring (bicyclic) bond motifs is 4. The van der Waals surface area contributed by atoms with Crippen LogP contribution in [0, 0.1) is 59.2 Å². The molecule has 228 valence electrons. The molecule has 1 saturated heterocycles. The molecule has 0 N–H and O–H groups in total. The monoisotopic (exact) mass is 582 g/mol. The maximum Gasteiger partial charge on any atom is 0.297 e. The van der Waals surface area contributed by atoms with Crippen LogP contribution >= 0.6 is 0 Å². The zero-order valence-electron chi connectivity index (χ0n) is 26.6. The number of hydrogen-bond donors (Lipinski definition) is 0. The lowest BCUT2D eigenvalue weighted by Crippen LogP contribution is -2.59. The van der Waals surface area contributed by atoms with Gasteiger partial charge in [0.25, 0.3) is 10.1 Å². The van der Waals surface area contributed by atoms with Crippen molar-refractivity contribution < 1.29 is 17.3 Å². The molecule has 1 aliphatic heterocycles. The average Bonchev–Trinajstić information content (AvgIpc) is 3.49. The second-order valence-corrected chi connectivity index (χ2v) is 17.1. The van der Waals surface area contributed by atoms with E-state index >= 15 is 0 Å². The van der Waals surface area contributed by atoms with E-state index in [9.17, 15) is 8.42 Å². The lowest BCUT2D eigenvalue weighted by atomic mass is 9.44. The Kier molecular flexibility index (Phi) is 7.64. The first-order valence-electron chi connectivity index (χ1n) is 16.7. The van der Waals surface area contributed by atoms with Gasteiger partial charge in [-0.3, -0.25) is 4.18 Å². The van der Waals surface area contributed by atoms with Gasteiger partial charge in [-0.1, -0.05) is 71.4 Å². The number of ether oxygens (including phenoxy) is 1. The lowest BCUT2D eigenvalue weighted by Gasteiger charge is -2.59. The summed E-state index contributed by atoms with van der Waals surface area (Å²) in [5.41, 5.74) is 1.37. The van der Waals surface area contributed by atoms with Crippen LogP contribution in [-0.4, -0.2) is 26.2 Å². The molecule has 0 radical (unpaired) electrons. The van der Waals surface area contributed by atoms with E-state index in [1.54, 1.807) is 12.1 Å². The molecule has 0 unspecified atom stereocenters. The fourth-order valence-electron chi connectivity index (χ4n) is 10.8. The molecular weight excluding hydrogens is 528 g/mol. The summed E-state index contributed by atoms with van der Waals surface area (Å²) in [6, 6.07) is 7.00. The van der Waals surface area contributed by atoms with Crippen LogP contribution in [0.25, 0.3) is 0 Å². The van der Waals surface area contributed by atoms with Crippen LogP contribution in [0.3, 0.4) is 0 Å². The van der Waals surface area contributed by atoms with Gasteiger partial charge in [-0.15, -0.1) is 0 Å². The van der Waals surface area contributed by atoms with Crippen LogP contribution in [0.4, 0.5) is 0 Å². The Balaban J connectivity index is 1.16.